The van der Waals surface area contributed by atoms with Gasteiger partial charge in [0.2, 0.25) is 5.91 Å². The largest absolute Gasteiger partial charge is 0.466 e. The number of nitrogens with one attached hydrogen (secondary N) is 1. The van der Waals surface area contributed by atoms with E-state index < -0.39 is 12.3 Å². The van der Waals surface area contributed by atoms with Gasteiger partial charge in [0.1, 0.15) is 0 Å². The number of ether oxygens (including phenoxy) is 3. The number of esters is 1. The van der Waals surface area contributed by atoms with Gasteiger partial charge in [0.15, 0.2) is 6.29 Å². The minimum atomic E-state index is -1.05. The number of hydrogen-bond acceptors (Lipinski definition) is 7. The number of hydrogen-bond donors (Lipinski definition) is 2. The number of methoxy groups -OCH3 is 1. The minimum absolute atomic E-state index is 0.0138. The van der Waals surface area contributed by atoms with Crippen molar-refractivity contribution in [1.82, 2.24) is 10.2 Å². The molecule has 0 aliphatic carbocycles. The highest BCUT2D eigenvalue weighted by Crippen LogP contribution is 2.14. The summed E-state index contributed by atoms with van der Waals surface area (Å²) < 4.78 is 16.5. The van der Waals surface area contributed by atoms with E-state index in [-0.39, 0.29) is 37.4 Å². The first-order valence-electron chi connectivity index (χ1n) is 22.6. The molecule has 0 bridgehead atoms. The molecule has 1 aliphatic rings. The Balaban J connectivity index is 2.20. The average molecular weight is 773 g/mol. The third-order valence-corrected chi connectivity index (χ3v) is 10.2. The fraction of sp³-hybridized carbons (Fsp3) is 0.787. The number of unbranched alkanes of at least 4 members (excludes halogenated alkanes) is 18. The lowest BCUT2D eigenvalue weighted by Gasteiger charge is -2.37. The Morgan fingerprint density at radius 1 is 0.655 bits per heavy atom. The summed E-state index contributed by atoms with van der Waals surface area (Å²) in [5.41, 5.74) is 0. The molecule has 0 aromatic heterocycles. The van der Waals surface area contributed by atoms with Gasteiger partial charge in [-0.3, -0.25) is 14.5 Å². The molecule has 2 atom stereocenters. The zero-order valence-corrected chi connectivity index (χ0v) is 35.7. The third kappa shape index (κ3) is 33.6. The molecule has 0 saturated carbocycles. The Morgan fingerprint density at radius 3 is 1.60 bits per heavy atom. The number of likely N-dealkylation sites (tertiary alicyclic amines) is 1. The first kappa shape index (κ1) is 50.8. The smallest absolute Gasteiger partial charge is 0.307 e. The van der Waals surface area contributed by atoms with Crippen molar-refractivity contribution in [2.45, 2.75) is 199 Å². The third-order valence-electron chi connectivity index (χ3n) is 10.2. The molecule has 1 saturated heterocycles. The summed E-state index contributed by atoms with van der Waals surface area (Å²) >= 11 is 0. The number of aliphatic hydroxyl groups is 1. The van der Waals surface area contributed by atoms with Crippen molar-refractivity contribution in [3.63, 3.8) is 0 Å². The molecular weight excluding hydrogens is 689 g/mol. The highest BCUT2D eigenvalue weighted by Gasteiger charge is 2.29. The normalized spacial score (nSPS) is 15.1. The number of aliphatic hydroxyl groups excluding tert-OH is 1. The van der Waals surface area contributed by atoms with Crippen LogP contribution in [-0.2, 0) is 23.8 Å². The molecule has 318 valence electrons. The van der Waals surface area contributed by atoms with E-state index in [0.29, 0.717) is 26.3 Å². The lowest BCUT2D eigenvalue weighted by Crippen LogP contribution is -2.55. The Morgan fingerprint density at radius 2 is 1.11 bits per heavy atom. The zero-order valence-electron chi connectivity index (χ0n) is 35.7. The maximum absolute atomic E-state index is 12.8. The highest BCUT2D eigenvalue weighted by molar-refractivity contribution is 5.79. The summed E-state index contributed by atoms with van der Waals surface area (Å²) in [5, 5.41) is 13.6. The second kappa shape index (κ2) is 38.6. The molecule has 2 unspecified atom stereocenters. The van der Waals surface area contributed by atoms with Crippen molar-refractivity contribution < 1.29 is 28.9 Å². The number of carbonyl (C=O) groups is 2. The molecular formula is C47H84N2O6. The van der Waals surface area contributed by atoms with Crippen molar-refractivity contribution >= 4 is 11.9 Å². The van der Waals surface area contributed by atoms with E-state index in [4.69, 9.17) is 14.2 Å². The van der Waals surface area contributed by atoms with Gasteiger partial charge in [0, 0.05) is 39.3 Å². The van der Waals surface area contributed by atoms with E-state index in [1.54, 1.807) is 7.11 Å². The van der Waals surface area contributed by atoms with Crippen molar-refractivity contribution in [1.29, 1.82) is 0 Å². The van der Waals surface area contributed by atoms with Gasteiger partial charge in [-0.1, -0.05) is 140 Å². The maximum atomic E-state index is 12.8. The molecule has 8 nitrogen and oxygen atoms in total. The van der Waals surface area contributed by atoms with Gasteiger partial charge in [-0.2, -0.15) is 0 Å². The van der Waals surface area contributed by atoms with E-state index in [9.17, 15) is 14.7 Å². The predicted molar refractivity (Wildman–Crippen MR) is 230 cm³/mol. The molecule has 0 spiro atoms. The second-order valence-corrected chi connectivity index (χ2v) is 15.5. The maximum Gasteiger partial charge on any atom is 0.307 e. The molecule has 2 N–H and O–H groups in total. The lowest BCUT2D eigenvalue weighted by atomic mass is 10.1. The highest BCUT2D eigenvalue weighted by atomic mass is 16.6. The minimum Gasteiger partial charge on any atom is -0.466 e. The molecule has 8 heteroatoms. The number of carbonyl (C=O) groups excluding carboxylic acids is 2. The van der Waals surface area contributed by atoms with E-state index in [2.05, 4.69) is 67.8 Å². The summed E-state index contributed by atoms with van der Waals surface area (Å²) in [5.74, 6) is -0.525. The van der Waals surface area contributed by atoms with Crippen LogP contribution in [0.4, 0.5) is 0 Å². The Kier molecular flexibility index (Phi) is 35.6. The number of rotatable bonds is 39. The summed E-state index contributed by atoms with van der Waals surface area (Å²) in [6.07, 6.45) is 45.6. The molecule has 0 aromatic carbocycles. The fourth-order valence-corrected chi connectivity index (χ4v) is 6.63. The van der Waals surface area contributed by atoms with Gasteiger partial charge in [-0.05, 0) is 77.0 Å². The van der Waals surface area contributed by atoms with E-state index in [1.807, 2.05) is 4.90 Å². The topological polar surface area (TPSA) is 97.3 Å². The van der Waals surface area contributed by atoms with Crippen LogP contribution in [0.25, 0.3) is 0 Å². The van der Waals surface area contributed by atoms with Crippen LogP contribution in [0.2, 0.25) is 0 Å². The number of nitrogens with zero attached hydrogens (tertiary/aromatic N) is 1. The molecule has 0 radical (unpaired) electrons. The zero-order chi connectivity index (χ0) is 39.9. The predicted octanol–water partition coefficient (Wildman–Crippen LogP) is 11.1. The van der Waals surface area contributed by atoms with Crippen LogP contribution in [0.3, 0.4) is 0 Å². The van der Waals surface area contributed by atoms with Crippen LogP contribution in [-0.4, -0.2) is 80.3 Å². The van der Waals surface area contributed by atoms with Gasteiger partial charge < -0.3 is 24.6 Å². The molecule has 1 aliphatic heterocycles. The van der Waals surface area contributed by atoms with Crippen molar-refractivity contribution in [3.05, 3.63) is 48.6 Å². The fourth-order valence-electron chi connectivity index (χ4n) is 6.63. The van der Waals surface area contributed by atoms with E-state index >= 15 is 0 Å². The average Bonchev–Trinajstić information content (AvgIpc) is 3.15. The van der Waals surface area contributed by atoms with Gasteiger partial charge in [-0.15, -0.1) is 0 Å². The molecule has 1 fully saturated rings. The lowest BCUT2D eigenvalue weighted by molar-refractivity contribution is -0.146. The SMILES string of the molecule is CCCCC/C=C\C/C=C\CCCCCCCCOC(=O)CC(CC(O)OCCCCCCCC/C=C\C/C=C\CCCCC)NC(=O)CN1CC(OC)C1. The van der Waals surface area contributed by atoms with Gasteiger partial charge >= 0.3 is 5.97 Å². The van der Waals surface area contributed by atoms with Crippen LogP contribution in [0.5, 0.6) is 0 Å². The van der Waals surface area contributed by atoms with E-state index in [1.165, 1.54) is 89.9 Å². The van der Waals surface area contributed by atoms with Crippen molar-refractivity contribution in [2.24, 2.45) is 0 Å². The summed E-state index contributed by atoms with van der Waals surface area (Å²) in [6.45, 7) is 6.99. The van der Waals surface area contributed by atoms with Gasteiger partial charge in [0.05, 0.1) is 25.7 Å². The number of amides is 1. The summed E-state index contributed by atoms with van der Waals surface area (Å²) in [7, 11) is 1.68. The molecule has 1 amide bonds. The van der Waals surface area contributed by atoms with Crippen LogP contribution in [0.15, 0.2) is 48.6 Å². The molecule has 0 aromatic rings. The van der Waals surface area contributed by atoms with Gasteiger partial charge in [0.25, 0.3) is 0 Å². The van der Waals surface area contributed by atoms with Crippen molar-refractivity contribution in [2.75, 3.05) is 40.0 Å². The Hall–Kier alpha value is -2.26. The molecule has 1 rings (SSSR count). The van der Waals surface area contributed by atoms with E-state index in [0.717, 1.165) is 64.2 Å². The molecule has 55 heavy (non-hydrogen) atoms. The first-order valence-corrected chi connectivity index (χ1v) is 22.6. The van der Waals surface area contributed by atoms with Crippen LogP contribution >= 0.6 is 0 Å². The summed E-state index contributed by atoms with van der Waals surface area (Å²) in [4.78, 5) is 27.5. The monoisotopic (exact) mass is 773 g/mol. The Labute approximate surface area is 338 Å². The quantitative estimate of drug-likeness (QED) is 0.0278. The number of allylic oxidation sites excluding steroid dienone is 8. The first-order chi connectivity index (χ1) is 27.0. The summed E-state index contributed by atoms with van der Waals surface area (Å²) in [6, 6.07) is -0.554. The Bertz CT molecular complexity index is 1010. The van der Waals surface area contributed by atoms with Crippen LogP contribution in [0.1, 0.15) is 181 Å². The standard InChI is InChI=1S/C47H84N2O6/c1-4-6-8-10-12-14-16-18-20-22-24-26-28-30-32-34-36-54-46(51)38-43(48-45(50)42-49-40-44(41-49)53-3)39-47(52)55-37-35-33-31-29-27-25-23-21-19-17-15-13-11-9-7-5-2/h12-15,18-21,43-44,46,51H,4-11,16-17,22-42H2,1-3H3,(H,48,50)/b14-12-,15-13-,20-18-,21-19-. The second-order valence-electron chi connectivity index (χ2n) is 15.5. The van der Waals surface area contributed by atoms with Gasteiger partial charge in [-0.25, -0.2) is 0 Å². The van der Waals surface area contributed by atoms with Crippen LogP contribution < -0.4 is 5.32 Å². The van der Waals surface area contributed by atoms with Crippen LogP contribution in [0, 0.1) is 0 Å². The molecule has 1 heterocycles. The van der Waals surface area contributed by atoms with Crippen molar-refractivity contribution in [3.8, 4) is 0 Å².